The number of rotatable bonds is 9. The lowest BCUT2D eigenvalue weighted by Gasteiger charge is -2.13. The maximum absolute atomic E-state index is 13.0. The van der Waals surface area contributed by atoms with E-state index in [1.54, 1.807) is 50.0 Å². The Labute approximate surface area is 156 Å². The summed E-state index contributed by atoms with van der Waals surface area (Å²) in [5.74, 6) is 2.12. The molecule has 2 aromatic heterocycles. The highest BCUT2D eigenvalue weighted by Gasteiger charge is 2.06. The number of aromatic nitrogens is 3. The fourth-order valence-corrected chi connectivity index (χ4v) is 2.28. The van der Waals surface area contributed by atoms with Gasteiger partial charge in [0.05, 0.1) is 12.8 Å². The molecular formula is C19H20FN5O2. The van der Waals surface area contributed by atoms with Crippen LogP contribution in [0.15, 0.2) is 55.0 Å². The third kappa shape index (κ3) is 5.89. The van der Waals surface area contributed by atoms with E-state index in [2.05, 4.69) is 25.6 Å². The van der Waals surface area contributed by atoms with Gasteiger partial charge in [0, 0.05) is 38.2 Å². The van der Waals surface area contributed by atoms with E-state index in [0.717, 1.165) is 5.56 Å². The smallest absolute Gasteiger partial charge is 0.150 e. The molecule has 2 N–H and O–H groups in total. The van der Waals surface area contributed by atoms with Crippen LogP contribution >= 0.6 is 0 Å². The second-order valence-corrected chi connectivity index (χ2v) is 5.61. The average molecular weight is 369 g/mol. The second kappa shape index (κ2) is 9.44. The van der Waals surface area contributed by atoms with Crippen molar-refractivity contribution < 1.29 is 13.9 Å². The minimum Gasteiger partial charge on any atom is -0.491 e. The zero-order valence-corrected chi connectivity index (χ0v) is 14.9. The van der Waals surface area contributed by atoms with E-state index in [-0.39, 0.29) is 5.82 Å². The highest BCUT2D eigenvalue weighted by molar-refractivity contribution is 5.57. The molecule has 0 saturated carbocycles. The van der Waals surface area contributed by atoms with Crippen LogP contribution in [0.4, 0.5) is 21.8 Å². The molecular weight excluding hydrogens is 349 g/mol. The molecule has 8 heteroatoms. The van der Waals surface area contributed by atoms with Crippen molar-refractivity contribution in [3.05, 3.63) is 66.4 Å². The van der Waals surface area contributed by atoms with Crippen LogP contribution in [0.3, 0.4) is 0 Å². The number of halogens is 1. The first-order valence-electron chi connectivity index (χ1n) is 8.38. The maximum Gasteiger partial charge on any atom is 0.150 e. The van der Waals surface area contributed by atoms with E-state index in [1.165, 1.54) is 12.1 Å². The summed E-state index contributed by atoms with van der Waals surface area (Å²) in [5, 5.41) is 6.31. The number of methoxy groups -OCH3 is 1. The van der Waals surface area contributed by atoms with E-state index >= 15 is 0 Å². The minimum absolute atomic E-state index is 0.263. The number of hydrogen-bond acceptors (Lipinski definition) is 7. The van der Waals surface area contributed by atoms with E-state index in [0.29, 0.717) is 43.0 Å². The molecule has 140 valence electrons. The normalized spacial score (nSPS) is 10.4. The van der Waals surface area contributed by atoms with Crippen molar-refractivity contribution in [2.45, 2.75) is 6.54 Å². The first kappa shape index (κ1) is 18.5. The first-order chi connectivity index (χ1) is 13.2. The van der Waals surface area contributed by atoms with Gasteiger partial charge in [0.15, 0.2) is 0 Å². The molecule has 0 unspecified atom stereocenters. The standard InChI is InChI=1S/C19H20FN5O2/c1-26-8-9-27-16-10-17(23-12-14-2-4-15(20)5-3-14)24-18(11-16)25-19-13-21-6-7-22-19/h2-7,10-11,13H,8-9,12H2,1H3,(H2,22,23,24,25). The summed E-state index contributed by atoms with van der Waals surface area (Å²) in [7, 11) is 1.62. The van der Waals surface area contributed by atoms with Gasteiger partial charge in [-0.15, -0.1) is 0 Å². The number of nitrogens with one attached hydrogen (secondary N) is 2. The van der Waals surface area contributed by atoms with Crippen LogP contribution in [0.2, 0.25) is 0 Å². The van der Waals surface area contributed by atoms with Crippen LogP contribution in [0, 0.1) is 5.82 Å². The van der Waals surface area contributed by atoms with Crippen molar-refractivity contribution in [2.75, 3.05) is 31.0 Å². The number of ether oxygens (including phenoxy) is 2. The Kier molecular flexibility index (Phi) is 6.48. The predicted molar refractivity (Wildman–Crippen MR) is 101 cm³/mol. The Bertz CT molecular complexity index is 846. The van der Waals surface area contributed by atoms with Crippen molar-refractivity contribution >= 4 is 17.5 Å². The molecule has 3 aromatic rings. The van der Waals surface area contributed by atoms with Gasteiger partial charge in [-0.05, 0) is 17.7 Å². The lowest BCUT2D eigenvalue weighted by Crippen LogP contribution is -2.07. The summed E-state index contributed by atoms with van der Waals surface area (Å²) >= 11 is 0. The van der Waals surface area contributed by atoms with Gasteiger partial charge in [-0.1, -0.05) is 12.1 Å². The molecule has 27 heavy (non-hydrogen) atoms. The Hall–Kier alpha value is -3.26. The average Bonchev–Trinajstić information content (AvgIpc) is 2.68. The summed E-state index contributed by atoms with van der Waals surface area (Å²) in [5.41, 5.74) is 0.937. The van der Waals surface area contributed by atoms with Crippen LogP contribution in [0.5, 0.6) is 5.75 Å². The maximum atomic E-state index is 13.0. The van der Waals surface area contributed by atoms with Gasteiger partial charge in [0.25, 0.3) is 0 Å². The van der Waals surface area contributed by atoms with E-state index in [1.807, 2.05) is 0 Å². The quantitative estimate of drug-likeness (QED) is 0.560. The second-order valence-electron chi connectivity index (χ2n) is 5.61. The summed E-state index contributed by atoms with van der Waals surface area (Å²) in [6, 6.07) is 9.86. The molecule has 2 heterocycles. The third-order valence-electron chi connectivity index (χ3n) is 3.56. The van der Waals surface area contributed by atoms with Gasteiger partial charge >= 0.3 is 0 Å². The van der Waals surface area contributed by atoms with Crippen molar-refractivity contribution in [2.24, 2.45) is 0 Å². The van der Waals surface area contributed by atoms with Gasteiger partial charge in [-0.25, -0.2) is 14.4 Å². The molecule has 0 saturated heterocycles. The fourth-order valence-electron chi connectivity index (χ4n) is 2.28. The van der Waals surface area contributed by atoms with Gasteiger partial charge in [0.1, 0.15) is 35.6 Å². The first-order valence-corrected chi connectivity index (χ1v) is 8.38. The van der Waals surface area contributed by atoms with Gasteiger partial charge in [0.2, 0.25) is 0 Å². The van der Waals surface area contributed by atoms with Crippen LogP contribution in [-0.4, -0.2) is 35.3 Å². The topological polar surface area (TPSA) is 81.2 Å². The predicted octanol–water partition coefficient (Wildman–Crippen LogP) is 3.39. The minimum atomic E-state index is -0.263. The number of pyridine rings is 1. The van der Waals surface area contributed by atoms with Crippen LogP contribution < -0.4 is 15.4 Å². The van der Waals surface area contributed by atoms with Crippen molar-refractivity contribution in [1.29, 1.82) is 0 Å². The summed E-state index contributed by atoms with van der Waals surface area (Å²) < 4.78 is 23.7. The number of benzene rings is 1. The number of anilines is 3. The Morgan fingerprint density at radius 1 is 1.00 bits per heavy atom. The molecule has 7 nitrogen and oxygen atoms in total. The fraction of sp³-hybridized carbons (Fsp3) is 0.211. The number of hydrogen-bond donors (Lipinski definition) is 2. The van der Waals surface area contributed by atoms with Gasteiger partial charge in [-0.3, -0.25) is 4.98 Å². The molecule has 0 fully saturated rings. The van der Waals surface area contributed by atoms with E-state index in [9.17, 15) is 4.39 Å². The molecule has 0 radical (unpaired) electrons. The third-order valence-corrected chi connectivity index (χ3v) is 3.56. The summed E-state index contributed by atoms with van der Waals surface area (Å²) in [6.45, 7) is 1.40. The lowest BCUT2D eigenvalue weighted by molar-refractivity contribution is 0.146. The molecule has 0 atom stereocenters. The molecule has 0 bridgehead atoms. The highest BCUT2D eigenvalue weighted by atomic mass is 19.1. The summed E-state index contributed by atoms with van der Waals surface area (Å²) in [6.07, 6.45) is 4.79. The zero-order chi connectivity index (χ0) is 18.9. The van der Waals surface area contributed by atoms with Crippen molar-refractivity contribution in [3.8, 4) is 5.75 Å². The summed E-state index contributed by atoms with van der Waals surface area (Å²) in [4.78, 5) is 12.7. The molecule has 0 amide bonds. The number of nitrogens with zero attached hydrogens (tertiary/aromatic N) is 3. The Morgan fingerprint density at radius 2 is 1.81 bits per heavy atom. The molecule has 0 spiro atoms. The monoisotopic (exact) mass is 369 g/mol. The Balaban J connectivity index is 1.74. The molecule has 1 aromatic carbocycles. The molecule has 0 aliphatic rings. The van der Waals surface area contributed by atoms with Crippen molar-refractivity contribution in [3.63, 3.8) is 0 Å². The molecule has 0 aliphatic heterocycles. The Morgan fingerprint density at radius 3 is 2.56 bits per heavy atom. The lowest BCUT2D eigenvalue weighted by atomic mass is 10.2. The van der Waals surface area contributed by atoms with Crippen LogP contribution in [0.25, 0.3) is 0 Å². The molecule has 3 rings (SSSR count). The largest absolute Gasteiger partial charge is 0.491 e. The SMILES string of the molecule is COCCOc1cc(NCc2ccc(F)cc2)nc(Nc2cnccn2)c1. The van der Waals surface area contributed by atoms with Crippen molar-refractivity contribution in [1.82, 2.24) is 15.0 Å². The van der Waals surface area contributed by atoms with Crippen LogP contribution in [0.1, 0.15) is 5.56 Å². The highest BCUT2D eigenvalue weighted by Crippen LogP contribution is 2.23. The van der Waals surface area contributed by atoms with E-state index in [4.69, 9.17) is 9.47 Å². The molecule has 0 aliphatic carbocycles. The van der Waals surface area contributed by atoms with Gasteiger partial charge in [-0.2, -0.15) is 0 Å². The van der Waals surface area contributed by atoms with E-state index < -0.39 is 0 Å². The van der Waals surface area contributed by atoms with Crippen LogP contribution in [-0.2, 0) is 11.3 Å². The zero-order valence-electron chi connectivity index (χ0n) is 14.9. The van der Waals surface area contributed by atoms with Gasteiger partial charge < -0.3 is 20.1 Å².